The fraction of sp³-hybridized carbons (Fsp3) is 0.800. The van der Waals surface area contributed by atoms with Gasteiger partial charge in [0.15, 0.2) is 0 Å². The van der Waals surface area contributed by atoms with Gasteiger partial charge in [0.05, 0.1) is 19.3 Å². The van der Waals surface area contributed by atoms with Crippen LogP contribution >= 0.6 is 0 Å². The zero-order chi connectivity index (χ0) is 14.5. The number of amidine groups is 1. The third-order valence-corrected chi connectivity index (χ3v) is 3.33. The summed E-state index contributed by atoms with van der Waals surface area (Å²) in [5.41, 5.74) is 1.30. The van der Waals surface area contributed by atoms with Crippen LogP contribution in [0.3, 0.4) is 0 Å². The maximum Gasteiger partial charge on any atom is 0.125 e. The first-order valence-electron chi connectivity index (χ1n) is 7.19. The molecule has 0 aromatic carbocycles. The summed E-state index contributed by atoms with van der Waals surface area (Å²) in [6.07, 6.45) is 2.19. The zero-order valence-electron chi connectivity index (χ0n) is 13.3. The van der Waals surface area contributed by atoms with Gasteiger partial charge in [-0.05, 0) is 19.9 Å². The highest BCUT2D eigenvalue weighted by Crippen LogP contribution is 2.23. The largest absolute Gasteiger partial charge is 0.391 e. The lowest BCUT2D eigenvalue weighted by Gasteiger charge is -2.36. The smallest absolute Gasteiger partial charge is 0.125 e. The molecule has 0 spiro atoms. The van der Waals surface area contributed by atoms with Crippen LogP contribution in [-0.2, 0) is 4.74 Å². The predicted octanol–water partition coefficient (Wildman–Crippen LogP) is 2.27. The van der Waals surface area contributed by atoms with Crippen LogP contribution in [0.15, 0.2) is 16.8 Å². The van der Waals surface area contributed by atoms with E-state index in [1.165, 1.54) is 5.70 Å². The molecule has 1 aliphatic rings. The highest BCUT2D eigenvalue weighted by atomic mass is 16.5. The Kier molecular flexibility index (Phi) is 5.85. The molecule has 1 heterocycles. The fourth-order valence-electron chi connectivity index (χ4n) is 2.24. The van der Waals surface area contributed by atoms with Crippen molar-refractivity contribution in [2.45, 2.75) is 40.7 Å². The minimum atomic E-state index is 0.0960. The van der Waals surface area contributed by atoms with E-state index in [-0.39, 0.29) is 5.41 Å². The van der Waals surface area contributed by atoms with Crippen LogP contribution < -0.4 is 5.32 Å². The minimum Gasteiger partial charge on any atom is -0.391 e. The van der Waals surface area contributed by atoms with Crippen LogP contribution in [-0.4, -0.2) is 50.1 Å². The van der Waals surface area contributed by atoms with E-state index in [0.29, 0.717) is 6.04 Å². The van der Waals surface area contributed by atoms with E-state index in [2.05, 4.69) is 55.9 Å². The molecule has 0 saturated carbocycles. The van der Waals surface area contributed by atoms with E-state index in [1.807, 2.05) is 7.05 Å². The molecule has 1 atom stereocenters. The summed E-state index contributed by atoms with van der Waals surface area (Å²) < 4.78 is 5.51. The van der Waals surface area contributed by atoms with Crippen LogP contribution in [0, 0.1) is 5.41 Å². The Morgan fingerprint density at radius 2 is 2.16 bits per heavy atom. The van der Waals surface area contributed by atoms with Gasteiger partial charge in [0.2, 0.25) is 0 Å². The number of nitrogens with one attached hydrogen (secondary N) is 1. The molecule has 110 valence electrons. The van der Waals surface area contributed by atoms with Crippen molar-refractivity contribution in [3.8, 4) is 0 Å². The van der Waals surface area contributed by atoms with Gasteiger partial charge in [-0.3, -0.25) is 4.99 Å². The second kappa shape index (κ2) is 6.94. The molecule has 1 fully saturated rings. The molecular formula is C15H29N3O. The zero-order valence-corrected chi connectivity index (χ0v) is 13.3. The monoisotopic (exact) mass is 267 g/mol. The standard InChI is InChI=1S/C15H29N3O/c1-7-17-14(10-13(16-6)15(3,4)5)18-8-9-19-11-12(18)2/h10,12,16H,7-9,11H2,1-6H3/b13-10-,17-14+/t12-/m1/s1. The Morgan fingerprint density at radius 1 is 1.47 bits per heavy atom. The molecule has 0 aliphatic carbocycles. The van der Waals surface area contributed by atoms with Crippen molar-refractivity contribution < 1.29 is 4.74 Å². The second-order valence-electron chi connectivity index (χ2n) is 6.01. The third kappa shape index (κ3) is 4.53. The van der Waals surface area contributed by atoms with E-state index >= 15 is 0 Å². The Labute approximate surface area is 117 Å². The van der Waals surface area contributed by atoms with E-state index in [4.69, 9.17) is 4.74 Å². The first kappa shape index (κ1) is 16.0. The summed E-state index contributed by atoms with van der Waals surface area (Å²) >= 11 is 0. The van der Waals surface area contributed by atoms with Gasteiger partial charge in [0.1, 0.15) is 5.84 Å². The molecule has 0 radical (unpaired) electrons. The molecular weight excluding hydrogens is 238 g/mol. The van der Waals surface area contributed by atoms with Gasteiger partial charge >= 0.3 is 0 Å². The summed E-state index contributed by atoms with van der Waals surface area (Å²) in [5, 5.41) is 3.31. The molecule has 1 N–H and O–H groups in total. The van der Waals surface area contributed by atoms with Crippen LogP contribution in [0.2, 0.25) is 0 Å². The normalized spacial score (nSPS) is 22.6. The lowest BCUT2D eigenvalue weighted by molar-refractivity contribution is 0.0335. The summed E-state index contributed by atoms with van der Waals surface area (Å²) in [6, 6.07) is 0.383. The van der Waals surface area contributed by atoms with Gasteiger partial charge < -0.3 is 15.0 Å². The highest BCUT2D eigenvalue weighted by molar-refractivity contribution is 5.94. The number of allylic oxidation sites excluding steroid dienone is 1. The molecule has 4 nitrogen and oxygen atoms in total. The number of rotatable bonds is 3. The molecule has 0 aromatic heterocycles. The van der Waals surface area contributed by atoms with Crippen LogP contribution in [0.5, 0.6) is 0 Å². The van der Waals surface area contributed by atoms with Crippen molar-refractivity contribution in [3.63, 3.8) is 0 Å². The highest BCUT2D eigenvalue weighted by Gasteiger charge is 2.23. The molecule has 1 saturated heterocycles. The number of ether oxygens (including phenoxy) is 1. The van der Waals surface area contributed by atoms with Gasteiger partial charge in [-0.2, -0.15) is 0 Å². The summed E-state index contributed by atoms with van der Waals surface area (Å²) in [4.78, 5) is 7.01. The SMILES string of the molecule is CC/N=C(\C=C(/NC)C(C)(C)C)N1CCOC[C@H]1C. The number of nitrogens with zero attached hydrogens (tertiary/aromatic N) is 2. The molecule has 19 heavy (non-hydrogen) atoms. The fourth-order valence-corrected chi connectivity index (χ4v) is 2.24. The average Bonchev–Trinajstić information content (AvgIpc) is 2.33. The van der Waals surface area contributed by atoms with Crippen LogP contribution in [0.4, 0.5) is 0 Å². The van der Waals surface area contributed by atoms with Crippen molar-refractivity contribution in [1.82, 2.24) is 10.2 Å². The quantitative estimate of drug-likeness (QED) is 0.629. The summed E-state index contributed by atoms with van der Waals surface area (Å²) in [7, 11) is 1.98. The van der Waals surface area contributed by atoms with Crippen LogP contribution in [0.25, 0.3) is 0 Å². The van der Waals surface area contributed by atoms with Crippen molar-refractivity contribution >= 4 is 5.84 Å². The molecule has 0 aromatic rings. The van der Waals surface area contributed by atoms with Crippen molar-refractivity contribution in [3.05, 3.63) is 11.8 Å². The van der Waals surface area contributed by atoms with Crippen molar-refractivity contribution in [2.24, 2.45) is 10.4 Å². The molecule has 4 heteroatoms. The Balaban J connectivity index is 3.00. The average molecular weight is 267 g/mol. The lowest BCUT2D eigenvalue weighted by atomic mass is 9.91. The number of morpholine rings is 1. The lowest BCUT2D eigenvalue weighted by Crippen LogP contribution is -2.47. The van der Waals surface area contributed by atoms with Crippen molar-refractivity contribution in [1.29, 1.82) is 0 Å². The molecule has 1 aliphatic heterocycles. The van der Waals surface area contributed by atoms with Gasteiger partial charge in [0, 0.05) is 31.2 Å². The van der Waals surface area contributed by atoms with Gasteiger partial charge in [-0.15, -0.1) is 0 Å². The topological polar surface area (TPSA) is 36.9 Å². The number of hydrogen-bond donors (Lipinski definition) is 1. The minimum absolute atomic E-state index is 0.0960. The Bertz CT molecular complexity index is 342. The maximum absolute atomic E-state index is 5.51. The van der Waals surface area contributed by atoms with Gasteiger partial charge in [0.25, 0.3) is 0 Å². The number of aliphatic imine (C=N–C) groups is 1. The van der Waals surface area contributed by atoms with E-state index in [9.17, 15) is 0 Å². The second-order valence-corrected chi connectivity index (χ2v) is 6.01. The van der Waals surface area contributed by atoms with Crippen molar-refractivity contribution in [2.75, 3.05) is 33.4 Å². The molecule has 0 unspecified atom stereocenters. The molecule has 1 rings (SSSR count). The first-order chi connectivity index (χ1) is 8.90. The van der Waals surface area contributed by atoms with E-state index < -0.39 is 0 Å². The predicted molar refractivity (Wildman–Crippen MR) is 81.6 cm³/mol. The molecule has 0 amide bonds. The van der Waals surface area contributed by atoms with Crippen LogP contribution in [0.1, 0.15) is 34.6 Å². The maximum atomic E-state index is 5.51. The Morgan fingerprint density at radius 3 is 2.63 bits per heavy atom. The summed E-state index contributed by atoms with van der Waals surface area (Å²) in [6.45, 7) is 14.2. The first-order valence-corrected chi connectivity index (χ1v) is 7.19. The van der Waals surface area contributed by atoms with Gasteiger partial charge in [-0.1, -0.05) is 20.8 Å². The third-order valence-electron chi connectivity index (χ3n) is 3.33. The van der Waals surface area contributed by atoms with E-state index in [0.717, 1.165) is 32.1 Å². The number of hydrogen-bond acceptors (Lipinski definition) is 3. The van der Waals surface area contributed by atoms with Gasteiger partial charge in [-0.25, -0.2) is 0 Å². The van der Waals surface area contributed by atoms with E-state index in [1.54, 1.807) is 0 Å². The molecule has 0 bridgehead atoms. The Hall–Kier alpha value is -1.03. The summed E-state index contributed by atoms with van der Waals surface area (Å²) in [5.74, 6) is 1.07.